The fraction of sp³-hybridized carbons (Fsp3) is 1.00. The van der Waals surface area contributed by atoms with Gasteiger partial charge in [-0.25, -0.2) is 0 Å². The van der Waals surface area contributed by atoms with Crippen molar-refractivity contribution in [2.24, 2.45) is 11.8 Å². The average Bonchev–Trinajstić information content (AvgIpc) is 2.19. The molecule has 15 heavy (non-hydrogen) atoms. The third kappa shape index (κ3) is 2.69. The molecule has 0 amide bonds. The molecule has 2 atom stereocenters. The van der Waals surface area contributed by atoms with Crippen molar-refractivity contribution >= 4 is 0 Å². The molecule has 0 radical (unpaired) electrons. The van der Waals surface area contributed by atoms with Crippen LogP contribution in [0.3, 0.4) is 0 Å². The first kappa shape index (κ1) is 12.9. The number of hydrogen-bond donors (Lipinski definition) is 2. The van der Waals surface area contributed by atoms with E-state index in [1.165, 1.54) is 6.42 Å². The molecular formula is C11H24N2O2. The van der Waals surface area contributed by atoms with Crippen molar-refractivity contribution in [2.75, 3.05) is 20.8 Å². The van der Waals surface area contributed by atoms with Gasteiger partial charge in [-0.2, -0.15) is 0 Å². The van der Waals surface area contributed by atoms with Crippen molar-refractivity contribution in [2.45, 2.75) is 44.2 Å². The molecule has 1 fully saturated rings. The Labute approximate surface area is 92.5 Å². The Morgan fingerprint density at radius 1 is 1.40 bits per heavy atom. The largest absolute Gasteiger partial charge is 0.385 e. The monoisotopic (exact) mass is 216 g/mol. The number of nitrogens with one attached hydrogen (secondary N) is 1. The number of nitrogens with two attached hydrogens (primary N) is 1. The lowest BCUT2D eigenvalue weighted by Gasteiger charge is -2.48. The van der Waals surface area contributed by atoms with Gasteiger partial charge in [0.05, 0.1) is 11.6 Å². The van der Waals surface area contributed by atoms with Crippen LogP contribution in [0, 0.1) is 5.92 Å². The molecule has 0 spiro atoms. The molecule has 1 aliphatic rings. The summed E-state index contributed by atoms with van der Waals surface area (Å²) in [4.78, 5) is 0. The van der Waals surface area contributed by atoms with Crippen LogP contribution < -0.4 is 11.3 Å². The van der Waals surface area contributed by atoms with E-state index < -0.39 is 0 Å². The Kier molecular flexibility index (Phi) is 4.99. The molecule has 0 aromatic rings. The van der Waals surface area contributed by atoms with Gasteiger partial charge in [0.2, 0.25) is 0 Å². The molecule has 0 bridgehead atoms. The summed E-state index contributed by atoms with van der Waals surface area (Å²) in [6.45, 7) is 2.97. The summed E-state index contributed by atoms with van der Waals surface area (Å²) < 4.78 is 10.7. The summed E-state index contributed by atoms with van der Waals surface area (Å²) in [6.07, 6.45) is 4.46. The van der Waals surface area contributed by atoms with Crippen LogP contribution >= 0.6 is 0 Å². The van der Waals surface area contributed by atoms with Gasteiger partial charge in [-0.1, -0.05) is 6.92 Å². The summed E-state index contributed by atoms with van der Waals surface area (Å²) in [5.74, 6) is 6.11. The minimum absolute atomic E-state index is 0.0398. The molecule has 1 rings (SSSR count). The van der Waals surface area contributed by atoms with Gasteiger partial charge in [-0.3, -0.25) is 11.3 Å². The Morgan fingerprint density at radius 2 is 2.07 bits per heavy atom. The first-order valence-electron chi connectivity index (χ1n) is 5.70. The van der Waals surface area contributed by atoms with Gasteiger partial charge in [0, 0.05) is 20.8 Å². The van der Waals surface area contributed by atoms with E-state index >= 15 is 0 Å². The first-order valence-corrected chi connectivity index (χ1v) is 5.70. The minimum atomic E-state index is -0.0398. The van der Waals surface area contributed by atoms with Crippen LogP contribution in [0.15, 0.2) is 0 Å². The van der Waals surface area contributed by atoms with Crippen molar-refractivity contribution in [3.05, 3.63) is 0 Å². The number of hydrazine groups is 1. The quantitative estimate of drug-likeness (QED) is 0.493. The molecule has 3 N–H and O–H groups in total. The Hall–Kier alpha value is -0.160. The molecule has 4 heteroatoms. The van der Waals surface area contributed by atoms with Gasteiger partial charge in [-0.05, 0) is 31.6 Å². The second kappa shape index (κ2) is 5.80. The molecule has 0 heterocycles. The Bertz CT molecular complexity index is 178. The third-order valence-corrected chi connectivity index (χ3v) is 3.70. The van der Waals surface area contributed by atoms with Crippen molar-refractivity contribution < 1.29 is 9.47 Å². The lowest BCUT2D eigenvalue weighted by atomic mass is 9.70. The topological polar surface area (TPSA) is 56.5 Å². The fourth-order valence-corrected chi connectivity index (χ4v) is 2.47. The maximum atomic E-state index is 5.65. The zero-order valence-corrected chi connectivity index (χ0v) is 10.1. The standard InChI is InChI=1S/C11H24N2O2/c1-9(5-8-14-2)10(13-12)11(15-3)6-4-7-11/h9-10,13H,4-8,12H2,1-3H3. The highest BCUT2D eigenvalue weighted by Gasteiger charge is 2.46. The lowest BCUT2D eigenvalue weighted by molar-refractivity contribution is -0.111. The SMILES string of the molecule is COCCC(C)C(NN)C1(OC)CCC1. The van der Waals surface area contributed by atoms with Crippen LogP contribution in [0.2, 0.25) is 0 Å². The highest BCUT2D eigenvalue weighted by molar-refractivity contribution is 5.00. The first-order chi connectivity index (χ1) is 7.20. The van der Waals surface area contributed by atoms with Gasteiger partial charge in [-0.15, -0.1) is 0 Å². The van der Waals surface area contributed by atoms with Gasteiger partial charge >= 0.3 is 0 Å². The third-order valence-electron chi connectivity index (χ3n) is 3.70. The van der Waals surface area contributed by atoms with Crippen LogP contribution in [-0.4, -0.2) is 32.5 Å². The van der Waals surface area contributed by atoms with Gasteiger partial charge in [0.25, 0.3) is 0 Å². The molecule has 4 nitrogen and oxygen atoms in total. The van der Waals surface area contributed by atoms with Crippen molar-refractivity contribution in [3.8, 4) is 0 Å². The summed E-state index contributed by atoms with van der Waals surface area (Å²) in [5.41, 5.74) is 2.88. The number of ether oxygens (including phenoxy) is 2. The van der Waals surface area contributed by atoms with E-state index in [1.807, 2.05) is 0 Å². The van der Waals surface area contributed by atoms with Crippen molar-refractivity contribution in [1.82, 2.24) is 5.43 Å². The maximum absolute atomic E-state index is 5.65. The predicted molar refractivity (Wildman–Crippen MR) is 60.4 cm³/mol. The molecule has 2 unspecified atom stereocenters. The van der Waals surface area contributed by atoms with E-state index in [1.54, 1.807) is 14.2 Å². The molecule has 0 aliphatic heterocycles. The van der Waals surface area contributed by atoms with Crippen LogP contribution in [0.1, 0.15) is 32.6 Å². The zero-order valence-electron chi connectivity index (χ0n) is 10.1. The lowest BCUT2D eigenvalue weighted by Crippen LogP contribution is -2.61. The summed E-state index contributed by atoms with van der Waals surface area (Å²) in [7, 11) is 3.51. The molecule has 1 aliphatic carbocycles. The normalized spacial score (nSPS) is 23.2. The molecular weight excluding hydrogens is 192 g/mol. The summed E-state index contributed by atoms with van der Waals surface area (Å²) in [5, 5.41) is 0. The van der Waals surface area contributed by atoms with E-state index in [9.17, 15) is 0 Å². The summed E-state index contributed by atoms with van der Waals surface area (Å²) in [6, 6.07) is 0.228. The van der Waals surface area contributed by atoms with Crippen LogP contribution in [0.5, 0.6) is 0 Å². The van der Waals surface area contributed by atoms with E-state index in [0.29, 0.717) is 5.92 Å². The molecule has 0 aromatic heterocycles. The molecule has 0 saturated heterocycles. The van der Waals surface area contributed by atoms with E-state index in [4.69, 9.17) is 15.3 Å². The van der Waals surface area contributed by atoms with Crippen molar-refractivity contribution in [3.63, 3.8) is 0 Å². The minimum Gasteiger partial charge on any atom is -0.385 e. The molecule has 0 aromatic carbocycles. The second-order valence-corrected chi connectivity index (χ2v) is 4.53. The number of hydrogen-bond acceptors (Lipinski definition) is 4. The summed E-state index contributed by atoms with van der Waals surface area (Å²) >= 11 is 0. The van der Waals surface area contributed by atoms with Gasteiger partial charge in [0.15, 0.2) is 0 Å². The molecule has 1 saturated carbocycles. The van der Waals surface area contributed by atoms with Gasteiger partial charge < -0.3 is 9.47 Å². The van der Waals surface area contributed by atoms with E-state index in [0.717, 1.165) is 25.9 Å². The fourth-order valence-electron chi connectivity index (χ4n) is 2.47. The smallest absolute Gasteiger partial charge is 0.0847 e. The van der Waals surface area contributed by atoms with E-state index in [-0.39, 0.29) is 11.6 Å². The highest BCUT2D eigenvalue weighted by atomic mass is 16.5. The maximum Gasteiger partial charge on any atom is 0.0847 e. The second-order valence-electron chi connectivity index (χ2n) is 4.53. The van der Waals surface area contributed by atoms with Gasteiger partial charge in [0.1, 0.15) is 0 Å². The Morgan fingerprint density at radius 3 is 2.40 bits per heavy atom. The zero-order chi connectivity index (χ0) is 11.3. The van der Waals surface area contributed by atoms with Crippen LogP contribution in [-0.2, 0) is 9.47 Å². The number of methoxy groups -OCH3 is 2. The molecule has 90 valence electrons. The van der Waals surface area contributed by atoms with E-state index in [2.05, 4.69) is 12.3 Å². The van der Waals surface area contributed by atoms with Crippen LogP contribution in [0.4, 0.5) is 0 Å². The van der Waals surface area contributed by atoms with Crippen molar-refractivity contribution in [1.29, 1.82) is 0 Å². The van der Waals surface area contributed by atoms with Crippen LogP contribution in [0.25, 0.3) is 0 Å². The predicted octanol–water partition coefficient (Wildman–Crippen LogP) is 1.06. The Balaban J connectivity index is 2.52. The average molecular weight is 216 g/mol. The highest BCUT2D eigenvalue weighted by Crippen LogP contribution is 2.40. The number of rotatable bonds is 7.